The Kier molecular flexibility index (Phi) is 3.79. The van der Waals surface area contributed by atoms with E-state index in [4.69, 9.17) is 17.3 Å². The van der Waals surface area contributed by atoms with Crippen LogP contribution in [0.25, 0.3) is 11.3 Å². The Balaban J connectivity index is 2.73. The number of hydrogen-bond donors (Lipinski definition) is 1. The lowest BCUT2D eigenvalue weighted by atomic mass is 10.0. The molecule has 7 nitrogen and oxygen atoms in total. The second kappa shape index (κ2) is 5.30. The summed E-state index contributed by atoms with van der Waals surface area (Å²) in [6, 6.07) is 2.27. The molecule has 0 unspecified atom stereocenters. The number of carbonyl (C=O) groups is 1. The summed E-state index contributed by atoms with van der Waals surface area (Å²) in [7, 11) is 0. The first kappa shape index (κ1) is 15.8. The molecule has 2 N–H and O–H groups in total. The molecule has 0 aliphatic heterocycles. The van der Waals surface area contributed by atoms with Crippen LogP contribution in [0.2, 0.25) is 0 Å². The molecule has 0 radical (unpaired) electrons. The summed E-state index contributed by atoms with van der Waals surface area (Å²) in [5, 5.41) is 9.70. The first-order valence-corrected chi connectivity index (χ1v) is 5.81. The summed E-state index contributed by atoms with van der Waals surface area (Å²) < 4.78 is 44.3. The highest BCUT2D eigenvalue weighted by molar-refractivity contribution is 6.22. The Morgan fingerprint density at radius 2 is 2.09 bits per heavy atom. The summed E-state index contributed by atoms with van der Waals surface area (Å²) in [5.41, 5.74) is 2.15. The number of halogens is 4. The number of nitro groups is 1. The van der Waals surface area contributed by atoms with E-state index in [1.54, 1.807) is 0 Å². The SMILES string of the molecule is NC(=O)c1c(-c2cc([N+](=O)[O-])ccc2F)noc1C(F)(F)Cl. The van der Waals surface area contributed by atoms with Gasteiger partial charge in [0.2, 0.25) is 5.76 Å². The Bertz CT molecular complexity index is 772. The van der Waals surface area contributed by atoms with Crippen LogP contribution in [-0.4, -0.2) is 16.0 Å². The molecule has 1 aromatic carbocycles. The standard InChI is InChI=1S/C11H5ClF3N3O4/c12-11(14,15)9-7(10(16)19)8(17-22-9)5-3-4(18(20)21)1-2-6(5)13/h1-3H,(H2,16,19). The molecule has 0 spiro atoms. The van der Waals surface area contributed by atoms with Gasteiger partial charge in [0.15, 0.2) is 0 Å². The van der Waals surface area contributed by atoms with Gasteiger partial charge in [-0.1, -0.05) is 5.16 Å². The summed E-state index contributed by atoms with van der Waals surface area (Å²) in [6.07, 6.45) is 0. The molecule has 1 amide bonds. The van der Waals surface area contributed by atoms with E-state index in [9.17, 15) is 28.1 Å². The van der Waals surface area contributed by atoms with Gasteiger partial charge in [0.25, 0.3) is 11.6 Å². The number of alkyl halides is 3. The van der Waals surface area contributed by atoms with Crippen LogP contribution in [0.1, 0.15) is 16.1 Å². The van der Waals surface area contributed by atoms with Gasteiger partial charge in [0.05, 0.1) is 4.92 Å². The minimum Gasteiger partial charge on any atom is -0.365 e. The third-order valence-electron chi connectivity index (χ3n) is 2.61. The van der Waals surface area contributed by atoms with E-state index >= 15 is 0 Å². The van der Waals surface area contributed by atoms with Crippen LogP contribution >= 0.6 is 11.6 Å². The molecule has 0 atom stereocenters. The van der Waals surface area contributed by atoms with Crippen LogP contribution in [0, 0.1) is 15.9 Å². The Morgan fingerprint density at radius 3 is 2.59 bits per heavy atom. The van der Waals surface area contributed by atoms with E-state index in [0.717, 1.165) is 6.07 Å². The quantitative estimate of drug-likeness (QED) is 0.524. The first-order chi connectivity index (χ1) is 10.1. The monoisotopic (exact) mass is 335 g/mol. The van der Waals surface area contributed by atoms with Gasteiger partial charge in [0.1, 0.15) is 17.1 Å². The van der Waals surface area contributed by atoms with Crippen molar-refractivity contribution < 1.29 is 27.4 Å². The molecule has 0 aliphatic rings. The second-order valence-electron chi connectivity index (χ2n) is 4.02. The summed E-state index contributed by atoms with van der Waals surface area (Å²) in [4.78, 5) is 21.2. The van der Waals surface area contributed by atoms with Crippen molar-refractivity contribution in [1.82, 2.24) is 5.16 Å². The number of rotatable bonds is 4. The lowest BCUT2D eigenvalue weighted by Crippen LogP contribution is -2.17. The lowest BCUT2D eigenvalue weighted by molar-refractivity contribution is -0.384. The highest BCUT2D eigenvalue weighted by Gasteiger charge is 2.40. The van der Waals surface area contributed by atoms with Gasteiger partial charge in [-0.2, -0.15) is 8.78 Å². The normalized spacial score (nSPS) is 11.5. The fraction of sp³-hybridized carbons (Fsp3) is 0.0909. The summed E-state index contributed by atoms with van der Waals surface area (Å²) >= 11 is 4.75. The fourth-order valence-electron chi connectivity index (χ4n) is 1.70. The third-order valence-corrected chi connectivity index (χ3v) is 2.78. The van der Waals surface area contributed by atoms with Crippen molar-refractivity contribution in [3.8, 4) is 11.3 Å². The first-order valence-electron chi connectivity index (χ1n) is 5.44. The van der Waals surface area contributed by atoms with Crippen molar-refractivity contribution in [2.45, 2.75) is 5.38 Å². The number of nitrogens with two attached hydrogens (primary N) is 1. The van der Waals surface area contributed by atoms with Gasteiger partial charge in [-0.25, -0.2) is 4.39 Å². The Morgan fingerprint density at radius 1 is 1.45 bits per heavy atom. The number of primary amides is 1. The molecule has 22 heavy (non-hydrogen) atoms. The minimum absolute atomic E-state index is 0.547. The highest BCUT2D eigenvalue weighted by Crippen LogP contribution is 2.39. The molecule has 2 rings (SSSR count). The zero-order valence-corrected chi connectivity index (χ0v) is 11.1. The molecule has 0 saturated carbocycles. The molecular weight excluding hydrogens is 331 g/mol. The number of nitrogens with zero attached hydrogens (tertiary/aromatic N) is 2. The van der Waals surface area contributed by atoms with Gasteiger partial charge in [-0.3, -0.25) is 14.9 Å². The lowest BCUT2D eigenvalue weighted by Gasteiger charge is -2.05. The zero-order chi connectivity index (χ0) is 16.7. The number of amides is 1. The second-order valence-corrected chi connectivity index (χ2v) is 4.49. The van der Waals surface area contributed by atoms with Gasteiger partial charge < -0.3 is 10.3 Å². The topological polar surface area (TPSA) is 112 Å². The van der Waals surface area contributed by atoms with Crippen LogP contribution < -0.4 is 5.73 Å². The van der Waals surface area contributed by atoms with Crippen molar-refractivity contribution in [2.24, 2.45) is 5.73 Å². The molecule has 0 saturated heterocycles. The van der Waals surface area contributed by atoms with E-state index in [2.05, 4.69) is 9.68 Å². The van der Waals surface area contributed by atoms with Gasteiger partial charge in [0, 0.05) is 17.7 Å². The summed E-state index contributed by atoms with van der Waals surface area (Å²) in [5.74, 6) is -3.83. The van der Waals surface area contributed by atoms with E-state index in [1.165, 1.54) is 0 Å². The van der Waals surface area contributed by atoms with Crippen molar-refractivity contribution in [3.63, 3.8) is 0 Å². The number of nitro benzene ring substituents is 1. The van der Waals surface area contributed by atoms with Crippen molar-refractivity contribution in [1.29, 1.82) is 0 Å². The maximum absolute atomic E-state index is 13.8. The number of aromatic nitrogens is 1. The Labute approximate surface area is 124 Å². The van der Waals surface area contributed by atoms with Crippen molar-refractivity contribution in [2.75, 3.05) is 0 Å². The van der Waals surface area contributed by atoms with Crippen LogP contribution in [0.3, 0.4) is 0 Å². The maximum atomic E-state index is 13.8. The van der Waals surface area contributed by atoms with Crippen LogP contribution in [-0.2, 0) is 5.38 Å². The van der Waals surface area contributed by atoms with Crippen LogP contribution in [0.4, 0.5) is 18.9 Å². The molecule has 0 fully saturated rings. The number of hydrogen-bond acceptors (Lipinski definition) is 5. The summed E-state index contributed by atoms with van der Waals surface area (Å²) in [6.45, 7) is 0. The van der Waals surface area contributed by atoms with Crippen molar-refractivity contribution in [3.05, 3.63) is 45.5 Å². The molecular formula is C11H5ClF3N3O4. The average Bonchev–Trinajstić information content (AvgIpc) is 2.83. The highest BCUT2D eigenvalue weighted by atomic mass is 35.5. The van der Waals surface area contributed by atoms with E-state index in [0.29, 0.717) is 12.1 Å². The minimum atomic E-state index is -4.12. The molecule has 2 aromatic rings. The zero-order valence-electron chi connectivity index (χ0n) is 10.3. The number of carbonyl (C=O) groups excluding carboxylic acids is 1. The van der Waals surface area contributed by atoms with Crippen molar-refractivity contribution >= 4 is 23.2 Å². The van der Waals surface area contributed by atoms with Crippen LogP contribution in [0.5, 0.6) is 0 Å². The predicted octanol–water partition coefficient (Wildman–Crippen LogP) is 2.78. The smallest absolute Gasteiger partial charge is 0.365 e. The van der Waals surface area contributed by atoms with E-state index in [-0.39, 0.29) is 0 Å². The van der Waals surface area contributed by atoms with Gasteiger partial charge in [-0.05, 0) is 17.7 Å². The largest absolute Gasteiger partial charge is 0.383 e. The maximum Gasteiger partial charge on any atom is 0.383 e. The Hall–Kier alpha value is -2.62. The number of benzene rings is 1. The molecule has 116 valence electrons. The average molecular weight is 336 g/mol. The number of non-ortho nitro benzene ring substituents is 1. The van der Waals surface area contributed by atoms with E-state index < -0.39 is 50.3 Å². The predicted molar refractivity (Wildman–Crippen MR) is 66.8 cm³/mol. The fourth-order valence-corrected chi connectivity index (χ4v) is 1.83. The molecule has 1 aromatic heterocycles. The van der Waals surface area contributed by atoms with Gasteiger partial charge in [-0.15, -0.1) is 0 Å². The van der Waals surface area contributed by atoms with Crippen LogP contribution in [0.15, 0.2) is 22.7 Å². The van der Waals surface area contributed by atoms with Gasteiger partial charge >= 0.3 is 5.38 Å². The molecule has 11 heteroatoms. The van der Waals surface area contributed by atoms with E-state index in [1.807, 2.05) is 0 Å². The molecule has 1 heterocycles. The third kappa shape index (κ3) is 2.72. The molecule has 0 bridgehead atoms. The molecule has 0 aliphatic carbocycles.